The number of piperidine rings is 1. The lowest BCUT2D eigenvalue weighted by Crippen LogP contribution is -2.63. The van der Waals surface area contributed by atoms with Gasteiger partial charge in [-0.25, -0.2) is 9.59 Å². The Hall–Kier alpha value is -3.38. The number of alkyl carbamates (subject to hydrolysis) is 1. The molecule has 0 bridgehead atoms. The number of carbonyl (C=O) groups excluding carboxylic acids is 6. The highest BCUT2D eigenvalue weighted by Gasteiger charge is 2.70. The maximum atomic E-state index is 14.8. The molecule has 3 aliphatic rings. The molecule has 51 heavy (non-hydrogen) atoms. The van der Waals surface area contributed by atoms with Crippen molar-refractivity contribution in [2.24, 2.45) is 34.0 Å². The molecule has 3 fully saturated rings. The topological polar surface area (TPSA) is 175 Å². The Bertz CT molecular complexity index is 1270. The molecule has 1 heterocycles. The Balaban J connectivity index is 1.85. The minimum Gasteiger partial charge on any atom is -0.447 e. The van der Waals surface area contributed by atoms with E-state index in [1.54, 1.807) is 4.90 Å². The number of hydrogen-bond acceptors (Lipinski definition) is 7. The van der Waals surface area contributed by atoms with Gasteiger partial charge in [-0.15, -0.1) is 0 Å². The maximum Gasteiger partial charge on any atom is 0.407 e. The van der Waals surface area contributed by atoms with Crippen LogP contribution in [0, 0.1) is 34.0 Å². The van der Waals surface area contributed by atoms with E-state index in [9.17, 15) is 28.8 Å². The number of hydrogen-bond donors (Lipinski definition) is 5. The zero-order chi connectivity index (χ0) is 38.3. The van der Waals surface area contributed by atoms with Gasteiger partial charge in [-0.3, -0.25) is 19.2 Å². The van der Waals surface area contributed by atoms with Crippen LogP contribution in [0.1, 0.15) is 121 Å². The number of rotatable bonds is 16. The third-order valence-electron chi connectivity index (χ3n) is 11.3. The smallest absolute Gasteiger partial charge is 0.407 e. The lowest BCUT2D eigenvalue weighted by molar-refractivity contribution is -0.146. The quantitative estimate of drug-likeness (QED) is 0.148. The SMILES string of the molecule is CCCNC(=O)C(=O)C(CCC)NC(=O)C1[C@@H]2[C@H](CN1C(=O)C(NC(=O)NC(COC(=O)NCC(C)C)C(C)(C)C)C1(C)CCCCC1)C2(C)C. The first-order chi connectivity index (χ1) is 23.8. The Kier molecular flexibility index (Phi) is 14.4. The van der Waals surface area contributed by atoms with Crippen LogP contribution in [0.25, 0.3) is 0 Å². The van der Waals surface area contributed by atoms with E-state index in [1.165, 1.54) is 0 Å². The van der Waals surface area contributed by atoms with Crippen molar-refractivity contribution in [3.05, 3.63) is 0 Å². The molecule has 4 unspecified atom stereocenters. The average Bonchev–Trinajstić information content (AvgIpc) is 3.36. The van der Waals surface area contributed by atoms with E-state index in [0.29, 0.717) is 38.9 Å². The van der Waals surface area contributed by atoms with Crippen LogP contribution >= 0.6 is 0 Å². The van der Waals surface area contributed by atoms with Crippen molar-refractivity contribution in [3.63, 3.8) is 0 Å². The Morgan fingerprint density at radius 1 is 0.882 bits per heavy atom. The van der Waals surface area contributed by atoms with Gasteiger partial charge in [0.2, 0.25) is 17.6 Å². The van der Waals surface area contributed by atoms with Gasteiger partial charge in [0.25, 0.3) is 5.91 Å². The van der Waals surface area contributed by atoms with Gasteiger partial charge in [0.05, 0.1) is 12.1 Å². The maximum absolute atomic E-state index is 14.8. The van der Waals surface area contributed by atoms with E-state index in [0.717, 1.165) is 32.1 Å². The summed E-state index contributed by atoms with van der Waals surface area (Å²) in [7, 11) is 0. The zero-order valence-corrected chi connectivity index (χ0v) is 32.8. The van der Waals surface area contributed by atoms with Gasteiger partial charge in [0.1, 0.15) is 18.7 Å². The molecular weight excluding hydrogens is 652 g/mol. The highest BCUT2D eigenvalue weighted by atomic mass is 16.5. The van der Waals surface area contributed by atoms with Gasteiger partial charge in [-0.05, 0) is 59.7 Å². The van der Waals surface area contributed by atoms with Crippen LogP contribution in [0.3, 0.4) is 0 Å². The molecule has 13 nitrogen and oxygen atoms in total. The van der Waals surface area contributed by atoms with Crippen LogP contribution in [-0.4, -0.2) is 90.9 Å². The van der Waals surface area contributed by atoms with Gasteiger partial charge >= 0.3 is 12.1 Å². The van der Waals surface area contributed by atoms with Gasteiger partial charge in [-0.2, -0.15) is 0 Å². The fourth-order valence-corrected chi connectivity index (χ4v) is 7.80. The molecule has 0 spiro atoms. The number of amides is 6. The first-order valence-corrected chi connectivity index (χ1v) is 19.2. The van der Waals surface area contributed by atoms with Gasteiger partial charge in [-0.1, -0.05) is 94.9 Å². The van der Waals surface area contributed by atoms with Crippen LogP contribution in [0.15, 0.2) is 0 Å². The molecule has 0 radical (unpaired) electrons. The third kappa shape index (κ3) is 10.6. The van der Waals surface area contributed by atoms with E-state index in [2.05, 4.69) is 40.4 Å². The predicted octanol–water partition coefficient (Wildman–Crippen LogP) is 4.28. The molecule has 3 rings (SSSR count). The molecular formula is C38H66N6O7. The molecule has 13 heteroatoms. The lowest BCUT2D eigenvalue weighted by atomic mass is 9.70. The van der Waals surface area contributed by atoms with Crippen molar-refractivity contribution in [3.8, 4) is 0 Å². The molecule has 2 aliphatic carbocycles. The second-order valence-electron chi connectivity index (χ2n) is 17.4. The number of likely N-dealkylation sites (tertiary alicyclic amines) is 1. The normalized spacial score (nSPS) is 23.6. The molecule has 0 aromatic carbocycles. The highest BCUT2D eigenvalue weighted by molar-refractivity contribution is 6.38. The molecule has 0 aromatic rings. The zero-order valence-electron chi connectivity index (χ0n) is 32.8. The monoisotopic (exact) mass is 718 g/mol. The second-order valence-corrected chi connectivity index (χ2v) is 17.4. The molecule has 5 N–H and O–H groups in total. The number of ether oxygens (including phenoxy) is 1. The van der Waals surface area contributed by atoms with E-state index in [-0.39, 0.29) is 35.7 Å². The third-order valence-corrected chi connectivity index (χ3v) is 11.3. The first kappa shape index (κ1) is 42.0. The summed E-state index contributed by atoms with van der Waals surface area (Å²) in [5.74, 6) is -1.97. The van der Waals surface area contributed by atoms with Crippen molar-refractivity contribution < 1.29 is 33.5 Å². The molecule has 1 saturated heterocycles. The average molecular weight is 719 g/mol. The van der Waals surface area contributed by atoms with Crippen LogP contribution < -0.4 is 26.6 Å². The molecule has 0 aromatic heterocycles. The van der Waals surface area contributed by atoms with Gasteiger partial charge in [0.15, 0.2) is 0 Å². The first-order valence-electron chi connectivity index (χ1n) is 19.2. The summed E-state index contributed by atoms with van der Waals surface area (Å²) in [6.07, 6.45) is 5.31. The number of carbonyl (C=O) groups is 6. The molecule has 6 amide bonds. The van der Waals surface area contributed by atoms with Crippen LogP contribution in [0.5, 0.6) is 0 Å². The van der Waals surface area contributed by atoms with Crippen molar-refractivity contribution in [1.29, 1.82) is 0 Å². The summed E-state index contributed by atoms with van der Waals surface area (Å²) in [5, 5.41) is 14.2. The van der Waals surface area contributed by atoms with Crippen molar-refractivity contribution in [2.75, 3.05) is 26.2 Å². The van der Waals surface area contributed by atoms with E-state index in [1.807, 2.05) is 55.4 Å². The van der Waals surface area contributed by atoms with Crippen LogP contribution in [0.4, 0.5) is 9.59 Å². The van der Waals surface area contributed by atoms with E-state index >= 15 is 0 Å². The Labute approximate surface area is 305 Å². The molecule has 2 saturated carbocycles. The Morgan fingerprint density at radius 3 is 2.10 bits per heavy atom. The predicted molar refractivity (Wildman–Crippen MR) is 195 cm³/mol. The number of urea groups is 1. The summed E-state index contributed by atoms with van der Waals surface area (Å²) < 4.78 is 5.47. The van der Waals surface area contributed by atoms with Crippen molar-refractivity contribution in [1.82, 2.24) is 31.5 Å². The molecule has 1 aliphatic heterocycles. The van der Waals surface area contributed by atoms with Crippen molar-refractivity contribution >= 4 is 35.6 Å². The summed E-state index contributed by atoms with van der Waals surface area (Å²) >= 11 is 0. The minimum absolute atomic E-state index is 0.0579. The highest BCUT2D eigenvalue weighted by Crippen LogP contribution is 2.65. The second kappa shape index (κ2) is 17.4. The standard InChI is InChI=1S/C38H66N6O7/c1-11-16-25(29(45)32(47)39-19-12-2)41-31(46)28-27-24(37(27,8)9)21-44(28)33(48)30(38(10)17-14-13-15-18-38)43-34(49)42-26(36(5,6)7)22-51-35(50)40-20-23(3)4/h23-28,30H,11-22H2,1-10H3,(H,39,47)(H,40,50)(H,41,46)(H2,42,43,49)/t24-,25?,26?,27-,28?,30?/m0/s1. The minimum atomic E-state index is -1.00. The summed E-state index contributed by atoms with van der Waals surface area (Å²) in [6.45, 7) is 20.9. The largest absolute Gasteiger partial charge is 0.447 e. The van der Waals surface area contributed by atoms with Gasteiger partial charge < -0.3 is 36.2 Å². The summed E-state index contributed by atoms with van der Waals surface area (Å²) in [4.78, 5) is 82.3. The fourth-order valence-electron chi connectivity index (χ4n) is 7.80. The number of ketones is 1. The summed E-state index contributed by atoms with van der Waals surface area (Å²) in [5.41, 5.74) is -1.22. The summed E-state index contributed by atoms with van der Waals surface area (Å²) in [6, 6.07) is -3.88. The van der Waals surface area contributed by atoms with E-state index in [4.69, 9.17) is 4.74 Å². The molecule has 6 atom stereocenters. The van der Waals surface area contributed by atoms with Crippen molar-refractivity contribution in [2.45, 2.75) is 145 Å². The number of nitrogens with zero attached hydrogens (tertiary/aromatic N) is 1. The number of Topliss-reactive ketones (excluding diaryl/α,β-unsaturated/α-hetero) is 1. The molecule has 290 valence electrons. The lowest BCUT2D eigenvalue weighted by Gasteiger charge is -2.43. The Morgan fingerprint density at radius 2 is 1.53 bits per heavy atom. The fraction of sp³-hybridized carbons (Fsp3) is 0.842. The number of nitrogens with one attached hydrogen (secondary N) is 5. The van der Waals surface area contributed by atoms with Gasteiger partial charge in [0, 0.05) is 19.6 Å². The van der Waals surface area contributed by atoms with Crippen LogP contribution in [0.2, 0.25) is 0 Å². The van der Waals surface area contributed by atoms with Crippen LogP contribution in [-0.2, 0) is 23.9 Å². The van der Waals surface area contributed by atoms with E-state index < -0.39 is 64.7 Å². The number of fused-ring (bicyclic) bond motifs is 1.